The van der Waals surface area contributed by atoms with Crippen LogP contribution in [0, 0.1) is 11.7 Å². The Morgan fingerprint density at radius 1 is 1.07 bits per heavy atom. The van der Waals surface area contributed by atoms with Gasteiger partial charge in [0.1, 0.15) is 17.4 Å². The van der Waals surface area contributed by atoms with Crippen molar-refractivity contribution in [2.75, 3.05) is 20.1 Å². The zero-order valence-corrected chi connectivity index (χ0v) is 26.2. The van der Waals surface area contributed by atoms with Crippen LogP contribution in [-0.2, 0) is 27.4 Å². The van der Waals surface area contributed by atoms with Gasteiger partial charge in [-0.05, 0) is 81.6 Å². The number of ether oxygens (including phenoxy) is 1. The Kier molecular flexibility index (Phi) is 8.54. The van der Waals surface area contributed by atoms with Crippen LogP contribution in [-0.4, -0.2) is 62.8 Å². The Labute approximate surface area is 266 Å². The molecule has 1 amide bonds. The van der Waals surface area contributed by atoms with Crippen molar-refractivity contribution in [3.05, 3.63) is 92.7 Å². The molecule has 0 bridgehead atoms. The first kappa shape index (κ1) is 31.0. The number of Topliss-reactive ketones (excluding diaryl/α,β-unsaturated/α-hetero) is 1. The summed E-state index contributed by atoms with van der Waals surface area (Å²) in [6.45, 7) is 3.40. The van der Waals surface area contributed by atoms with E-state index in [4.69, 9.17) is 27.9 Å². The summed E-state index contributed by atoms with van der Waals surface area (Å²) >= 11 is 12.3. The van der Waals surface area contributed by atoms with Crippen LogP contribution in [0.2, 0.25) is 10.0 Å². The molecule has 0 radical (unpaired) electrons. The lowest BCUT2D eigenvalue weighted by atomic mass is 9.73. The minimum Gasteiger partial charge on any atom is -0.385 e. The predicted molar refractivity (Wildman–Crippen MR) is 164 cm³/mol. The lowest BCUT2D eigenvalue weighted by molar-refractivity contribution is -0.149. The van der Waals surface area contributed by atoms with Gasteiger partial charge in [0.15, 0.2) is 0 Å². The van der Waals surface area contributed by atoms with Crippen molar-refractivity contribution >= 4 is 34.9 Å². The molecule has 1 aromatic heterocycles. The maximum atomic E-state index is 16.9. The summed E-state index contributed by atoms with van der Waals surface area (Å²) in [7, 11) is 2.04. The summed E-state index contributed by atoms with van der Waals surface area (Å²) < 4.78 is 23.7. The molecule has 44 heavy (non-hydrogen) atoms. The highest BCUT2D eigenvalue weighted by Crippen LogP contribution is 2.51. The van der Waals surface area contributed by atoms with Gasteiger partial charge in [-0.1, -0.05) is 42.3 Å². The number of amides is 1. The fourth-order valence-corrected chi connectivity index (χ4v) is 7.26. The maximum Gasteiger partial charge on any atom is 0.257 e. The molecule has 2 fully saturated rings. The number of carbonyl (C=O) groups is 2. The van der Waals surface area contributed by atoms with Crippen molar-refractivity contribution in [2.24, 2.45) is 5.92 Å². The molecule has 1 unspecified atom stereocenters. The van der Waals surface area contributed by atoms with Crippen LogP contribution in [0.4, 0.5) is 4.39 Å². The second-order valence-corrected chi connectivity index (χ2v) is 13.0. The van der Waals surface area contributed by atoms with Crippen LogP contribution >= 0.6 is 23.2 Å². The van der Waals surface area contributed by atoms with E-state index in [9.17, 15) is 14.7 Å². The van der Waals surface area contributed by atoms with Crippen molar-refractivity contribution in [1.29, 1.82) is 0 Å². The number of hydrogen-bond acceptors (Lipinski definition) is 7. The average Bonchev–Trinajstić information content (AvgIpc) is 3.53. The van der Waals surface area contributed by atoms with E-state index in [1.807, 2.05) is 14.0 Å². The monoisotopic (exact) mass is 640 g/mol. The third kappa shape index (κ3) is 5.43. The molecule has 1 N–H and O–H groups in total. The molecule has 1 saturated carbocycles. The van der Waals surface area contributed by atoms with Gasteiger partial charge in [0.2, 0.25) is 5.72 Å². The van der Waals surface area contributed by atoms with Gasteiger partial charge >= 0.3 is 0 Å². The summed E-state index contributed by atoms with van der Waals surface area (Å²) in [5, 5.41) is 12.9. The van der Waals surface area contributed by atoms with Crippen molar-refractivity contribution in [2.45, 2.75) is 69.4 Å². The van der Waals surface area contributed by atoms with Gasteiger partial charge in [-0.25, -0.2) is 14.4 Å². The Balaban J connectivity index is 1.54. The van der Waals surface area contributed by atoms with Crippen LogP contribution in [0.25, 0.3) is 0 Å². The number of aliphatic hydroxyl groups is 1. The highest BCUT2D eigenvalue weighted by molar-refractivity contribution is 6.30. The molecule has 11 heteroatoms. The van der Waals surface area contributed by atoms with Crippen molar-refractivity contribution in [1.82, 2.24) is 19.8 Å². The van der Waals surface area contributed by atoms with Gasteiger partial charge < -0.3 is 14.7 Å². The number of ketones is 1. The first-order valence-corrected chi connectivity index (χ1v) is 15.8. The standard InChI is InChI=1S/C33H35Cl2FN4O4/c1-3-32(43,20-10-12-39(2)13-11-20)22-14-27-30(28(36)15-22)33(21-4-6-23(34)7-5-21,44-26-9-8-25(41)16-26)40(31(27)42)19-29-37-17-24(35)18-38-29/h4-7,14-15,17-18,20,26,43H,3,8-13,16,19H2,1-2H3/t26-,32?,33+/m0/s1. The van der Waals surface area contributed by atoms with E-state index in [1.165, 1.54) is 23.4 Å². The molecule has 1 aliphatic carbocycles. The summed E-state index contributed by atoms with van der Waals surface area (Å²) in [5.41, 5.74) is -2.13. The smallest absolute Gasteiger partial charge is 0.257 e. The molecule has 6 rings (SSSR count). The summed E-state index contributed by atoms with van der Waals surface area (Å²) in [5.74, 6) is -0.958. The maximum absolute atomic E-state index is 16.9. The second-order valence-electron chi connectivity index (χ2n) is 12.1. The molecular weight excluding hydrogens is 606 g/mol. The first-order valence-electron chi connectivity index (χ1n) is 15.0. The number of piperidine rings is 1. The number of aromatic nitrogens is 2. The number of likely N-dealkylation sites (tertiary alicyclic amines) is 1. The minimum absolute atomic E-state index is 0.0312. The average molecular weight is 642 g/mol. The number of nitrogens with zero attached hydrogens (tertiary/aromatic N) is 4. The van der Waals surface area contributed by atoms with E-state index < -0.39 is 29.2 Å². The van der Waals surface area contributed by atoms with Crippen molar-refractivity contribution in [3.8, 4) is 0 Å². The molecule has 2 aromatic carbocycles. The number of fused-ring (bicyclic) bond motifs is 1. The normalized spacial score (nSPS) is 24.1. The third-order valence-electron chi connectivity index (χ3n) is 9.46. The Hall–Kier alpha value is -2.95. The number of carbonyl (C=O) groups excluding carboxylic acids is 2. The number of halogens is 3. The highest BCUT2D eigenvalue weighted by atomic mass is 35.5. The Bertz CT molecular complexity index is 1570. The number of hydrogen-bond donors (Lipinski definition) is 1. The zero-order chi connectivity index (χ0) is 31.2. The largest absolute Gasteiger partial charge is 0.385 e. The molecule has 3 heterocycles. The van der Waals surface area contributed by atoms with Gasteiger partial charge in [0, 0.05) is 35.8 Å². The third-order valence-corrected chi connectivity index (χ3v) is 9.91. The van der Waals surface area contributed by atoms with Gasteiger partial charge in [0.25, 0.3) is 5.91 Å². The molecule has 3 aromatic rings. The summed E-state index contributed by atoms with van der Waals surface area (Å²) in [6, 6.07) is 9.69. The number of rotatable bonds is 8. The molecular formula is C33H35Cl2FN4O4. The fraction of sp³-hybridized carbons (Fsp3) is 0.455. The van der Waals surface area contributed by atoms with E-state index in [0.717, 1.165) is 25.9 Å². The Morgan fingerprint density at radius 3 is 2.36 bits per heavy atom. The van der Waals surface area contributed by atoms with Crippen LogP contribution in [0.1, 0.15) is 78.3 Å². The van der Waals surface area contributed by atoms with E-state index in [1.54, 1.807) is 30.3 Å². The van der Waals surface area contributed by atoms with Crippen molar-refractivity contribution < 1.29 is 23.8 Å². The van der Waals surface area contributed by atoms with Crippen molar-refractivity contribution in [3.63, 3.8) is 0 Å². The molecule has 3 aliphatic rings. The second kappa shape index (κ2) is 12.1. The van der Waals surface area contributed by atoms with Gasteiger partial charge in [-0.3, -0.25) is 14.5 Å². The topological polar surface area (TPSA) is 95.9 Å². The molecule has 0 spiro atoms. The molecule has 8 nitrogen and oxygen atoms in total. The van der Waals surface area contributed by atoms with Crippen LogP contribution < -0.4 is 0 Å². The quantitative estimate of drug-likeness (QED) is 0.330. The van der Waals surface area contributed by atoms with Crippen LogP contribution in [0.3, 0.4) is 0 Å². The summed E-state index contributed by atoms with van der Waals surface area (Å²) in [4.78, 5) is 39.1. The number of benzene rings is 2. The fourth-order valence-electron chi connectivity index (χ4n) is 7.04. The molecule has 3 atom stereocenters. The molecule has 232 valence electrons. The predicted octanol–water partition coefficient (Wildman–Crippen LogP) is 5.86. The first-order chi connectivity index (χ1) is 21.0. The lowest BCUT2D eigenvalue weighted by Crippen LogP contribution is -2.48. The highest BCUT2D eigenvalue weighted by Gasteiger charge is 2.56. The Morgan fingerprint density at radius 2 is 1.75 bits per heavy atom. The van der Waals surface area contributed by atoms with Crippen LogP contribution in [0.15, 0.2) is 48.8 Å². The van der Waals surface area contributed by atoms with E-state index in [-0.39, 0.29) is 41.6 Å². The van der Waals surface area contributed by atoms with E-state index in [2.05, 4.69) is 14.9 Å². The van der Waals surface area contributed by atoms with Gasteiger partial charge in [0.05, 0.1) is 34.4 Å². The van der Waals surface area contributed by atoms with E-state index >= 15 is 4.39 Å². The SMILES string of the molecule is CCC(O)(c1cc(F)c2c(c1)C(=O)N(Cc1ncc(Cl)cn1)[C@@]2(O[C@H]1CCC(=O)C1)c1ccc(Cl)cc1)C1CCN(C)CC1. The van der Waals surface area contributed by atoms with Crippen LogP contribution in [0.5, 0.6) is 0 Å². The molecule has 2 aliphatic heterocycles. The van der Waals surface area contributed by atoms with Gasteiger partial charge in [-0.15, -0.1) is 0 Å². The minimum atomic E-state index is -1.75. The lowest BCUT2D eigenvalue weighted by Gasteiger charge is -2.42. The zero-order valence-electron chi connectivity index (χ0n) is 24.7. The summed E-state index contributed by atoms with van der Waals surface area (Å²) in [6.07, 6.45) is 5.09. The molecule has 1 saturated heterocycles. The van der Waals surface area contributed by atoms with E-state index in [0.29, 0.717) is 40.4 Å². The van der Waals surface area contributed by atoms with Gasteiger partial charge in [-0.2, -0.15) is 0 Å².